The summed E-state index contributed by atoms with van der Waals surface area (Å²) in [6, 6.07) is 0.604. The van der Waals surface area contributed by atoms with E-state index in [2.05, 4.69) is 31.0 Å². The van der Waals surface area contributed by atoms with Crippen molar-refractivity contribution in [1.82, 2.24) is 10.2 Å². The number of hydrogen-bond donors (Lipinski definition) is 1. The number of hydrogen-bond acceptors (Lipinski definition) is 3. The lowest BCUT2D eigenvalue weighted by Crippen LogP contribution is -2.44. The fraction of sp³-hybridized carbons (Fsp3) is 1.00. The maximum atomic E-state index is 11.4. The van der Waals surface area contributed by atoms with Crippen molar-refractivity contribution in [2.24, 2.45) is 5.92 Å². The van der Waals surface area contributed by atoms with Gasteiger partial charge in [0.05, 0.1) is 0 Å². The van der Waals surface area contributed by atoms with Crippen LogP contribution in [0.3, 0.4) is 0 Å². The smallest absolute Gasteiger partial charge is 0.0444 e. The summed E-state index contributed by atoms with van der Waals surface area (Å²) in [5.41, 5.74) is 0. The molecule has 4 unspecified atom stereocenters. The first-order valence-corrected chi connectivity index (χ1v) is 7.89. The predicted molar refractivity (Wildman–Crippen MR) is 71.2 cm³/mol. The molecule has 1 aliphatic heterocycles. The van der Waals surface area contributed by atoms with E-state index in [0.717, 1.165) is 26.2 Å². The molecule has 0 aromatic heterocycles. The molecule has 0 aromatic rings. The van der Waals surface area contributed by atoms with Crippen LogP contribution in [0, 0.1) is 5.92 Å². The topological polar surface area (TPSA) is 32.3 Å². The minimum Gasteiger partial charge on any atom is -0.314 e. The SMILES string of the molecule is CC1CNC(C)CCN(CC(C)S(C)=O)C1. The van der Waals surface area contributed by atoms with E-state index in [1.165, 1.54) is 6.42 Å². The van der Waals surface area contributed by atoms with Crippen molar-refractivity contribution >= 4 is 10.8 Å². The largest absolute Gasteiger partial charge is 0.314 e. The Hall–Kier alpha value is 0.0700. The first-order chi connectivity index (χ1) is 7.49. The van der Waals surface area contributed by atoms with Crippen LogP contribution in [0.2, 0.25) is 0 Å². The summed E-state index contributed by atoms with van der Waals surface area (Å²) < 4.78 is 11.4. The molecule has 0 spiro atoms. The molecule has 1 aliphatic rings. The van der Waals surface area contributed by atoms with Crippen molar-refractivity contribution in [3.8, 4) is 0 Å². The average Bonchev–Trinajstić information content (AvgIpc) is 2.20. The fourth-order valence-electron chi connectivity index (χ4n) is 2.11. The van der Waals surface area contributed by atoms with Crippen LogP contribution in [-0.2, 0) is 10.8 Å². The Labute approximate surface area is 102 Å². The van der Waals surface area contributed by atoms with Gasteiger partial charge in [0.1, 0.15) is 0 Å². The predicted octanol–water partition coefficient (Wildman–Crippen LogP) is 1.07. The second kappa shape index (κ2) is 6.72. The minimum absolute atomic E-state index is 0.287. The lowest BCUT2D eigenvalue weighted by atomic mass is 10.1. The maximum absolute atomic E-state index is 11.4. The van der Waals surface area contributed by atoms with Crippen LogP contribution >= 0.6 is 0 Å². The van der Waals surface area contributed by atoms with E-state index >= 15 is 0 Å². The third-order valence-corrected chi connectivity index (χ3v) is 4.63. The second-order valence-corrected chi connectivity index (χ2v) is 7.07. The first-order valence-electron chi connectivity index (χ1n) is 6.27. The van der Waals surface area contributed by atoms with Crippen LogP contribution in [0.25, 0.3) is 0 Å². The van der Waals surface area contributed by atoms with Gasteiger partial charge in [0.15, 0.2) is 0 Å². The molecule has 0 amide bonds. The van der Waals surface area contributed by atoms with E-state index in [0.29, 0.717) is 12.0 Å². The Morgan fingerprint density at radius 2 is 2.19 bits per heavy atom. The molecular weight excluding hydrogens is 220 g/mol. The summed E-state index contributed by atoms with van der Waals surface area (Å²) in [5, 5.41) is 3.83. The highest BCUT2D eigenvalue weighted by atomic mass is 32.2. The zero-order chi connectivity index (χ0) is 12.1. The van der Waals surface area contributed by atoms with E-state index in [1.807, 2.05) is 6.26 Å². The highest BCUT2D eigenvalue weighted by Gasteiger charge is 2.19. The molecular formula is C12H26N2OS. The van der Waals surface area contributed by atoms with E-state index in [9.17, 15) is 4.21 Å². The monoisotopic (exact) mass is 246 g/mol. The Kier molecular flexibility index (Phi) is 5.94. The van der Waals surface area contributed by atoms with Gasteiger partial charge in [-0.3, -0.25) is 4.21 Å². The van der Waals surface area contributed by atoms with E-state index in [4.69, 9.17) is 0 Å². The van der Waals surface area contributed by atoms with Gasteiger partial charge < -0.3 is 10.2 Å². The van der Waals surface area contributed by atoms with Crippen LogP contribution in [-0.4, -0.2) is 52.8 Å². The fourth-order valence-corrected chi connectivity index (χ4v) is 2.53. The maximum Gasteiger partial charge on any atom is 0.0444 e. The highest BCUT2D eigenvalue weighted by Crippen LogP contribution is 2.08. The zero-order valence-electron chi connectivity index (χ0n) is 11.0. The molecule has 0 saturated carbocycles. The summed E-state index contributed by atoms with van der Waals surface area (Å²) in [6.45, 7) is 10.9. The van der Waals surface area contributed by atoms with Gasteiger partial charge in [0, 0.05) is 41.4 Å². The van der Waals surface area contributed by atoms with Crippen molar-refractivity contribution in [2.75, 3.05) is 32.4 Å². The van der Waals surface area contributed by atoms with Crippen molar-refractivity contribution in [3.05, 3.63) is 0 Å². The number of nitrogens with one attached hydrogen (secondary N) is 1. The van der Waals surface area contributed by atoms with Gasteiger partial charge in [-0.25, -0.2) is 0 Å². The molecule has 1 rings (SSSR count). The molecule has 96 valence electrons. The van der Waals surface area contributed by atoms with Crippen molar-refractivity contribution in [1.29, 1.82) is 0 Å². The summed E-state index contributed by atoms with van der Waals surface area (Å²) in [4.78, 5) is 2.48. The molecule has 1 heterocycles. The molecule has 3 nitrogen and oxygen atoms in total. The lowest BCUT2D eigenvalue weighted by Gasteiger charge is -2.32. The van der Waals surface area contributed by atoms with Crippen molar-refractivity contribution in [3.63, 3.8) is 0 Å². The van der Waals surface area contributed by atoms with Gasteiger partial charge in [0.2, 0.25) is 0 Å². The Balaban J connectivity index is 2.46. The van der Waals surface area contributed by atoms with E-state index < -0.39 is 10.8 Å². The Morgan fingerprint density at radius 1 is 1.50 bits per heavy atom. The van der Waals surface area contributed by atoms with Gasteiger partial charge in [-0.15, -0.1) is 0 Å². The highest BCUT2D eigenvalue weighted by molar-refractivity contribution is 7.84. The van der Waals surface area contributed by atoms with Crippen LogP contribution < -0.4 is 5.32 Å². The van der Waals surface area contributed by atoms with Gasteiger partial charge in [-0.1, -0.05) is 6.92 Å². The molecule has 16 heavy (non-hydrogen) atoms. The standard InChI is InChI=1S/C12H26N2OS/c1-10-7-13-11(2)5-6-14(8-10)9-12(3)16(4)15/h10-13H,5-9H2,1-4H3. The minimum atomic E-state index is -0.699. The Morgan fingerprint density at radius 3 is 2.81 bits per heavy atom. The van der Waals surface area contributed by atoms with Gasteiger partial charge in [0.25, 0.3) is 0 Å². The molecule has 1 N–H and O–H groups in total. The molecule has 4 atom stereocenters. The molecule has 0 bridgehead atoms. The number of rotatable bonds is 3. The van der Waals surface area contributed by atoms with Crippen molar-refractivity contribution < 1.29 is 4.21 Å². The first kappa shape index (κ1) is 14.1. The molecule has 0 aliphatic carbocycles. The van der Waals surface area contributed by atoms with Crippen LogP contribution in [0.1, 0.15) is 27.2 Å². The third kappa shape index (κ3) is 4.93. The molecule has 0 radical (unpaired) electrons. The third-order valence-electron chi connectivity index (χ3n) is 3.34. The molecule has 1 fully saturated rings. The molecule has 1 saturated heterocycles. The molecule has 0 aromatic carbocycles. The summed E-state index contributed by atoms with van der Waals surface area (Å²) in [7, 11) is -0.699. The summed E-state index contributed by atoms with van der Waals surface area (Å²) in [6.07, 6.45) is 3.00. The Bertz CT molecular complexity index is 235. The number of nitrogens with zero attached hydrogens (tertiary/aromatic N) is 1. The van der Waals surface area contributed by atoms with Crippen LogP contribution in [0.5, 0.6) is 0 Å². The van der Waals surface area contributed by atoms with Gasteiger partial charge >= 0.3 is 0 Å². The molecule has 4 heteroatoms. The normalized spacial score (nSPS) is 32.8. The lowest BCUT2D eigenvalue weighted by molar-refractivity contribution is 0.203. The van der Waals surface area contributed by atoms with Crippen LogP contribution in [0.15, 0.2) is 0 Å². The summed E-state index contributed by atoms with van der Waals surface area (Å²) in [5.74, 6) is 0.681. The second-order valence-electron chi connectivity index (χ2n) is 5.27. The van der Waals surface area contributed by atoms with E-state index in [1.54, 1.807) is 0 Å². The van der Waals surface area contributed by atoms with Gasteiger partial charge in [-0.05, 0) is 39.3 Å². The van der Waals surface area contributed by atoms with E-state index in [-0.39, 0.29) is 5.25 Å². The van der Waals surface area contributed by atoms with Crippen molar-refractivity contribution in [2.45, 2.75) is 38.5 Å². The van der Waals surface area contributed by atoms with Gasteiger partial charge in [-0.2, -0.15) is 0 Å². The van der Waals surface area contributed by atoms with Crippen LogP contribution in [0.4, 0.5) is 0 Å². The summed E-state index contributed by atoms with van der Waals surface area (Å²) >= 11 is 0. The quantitative estimate of drug-likeness (QED) is 0.808. The average molecular weight is 246 g/mol. The zero-order valence-corrected chi connectivity index (χ0v) is 11.8.